The third-order valence-electron chi connectivity index (χ3n) is 3.26. The minimum atomic E-state index is -0.952. The maximum atomic E-state index is 13.3. The molecule has 0 amide bonds. The molecule has 0 aliphatic heterocycles. The number of carbonyl (C=O) groups is 1. The minimum absolute atomic E-state index is 0.0249. The predicted molar refractivity (Wildman–Crippen MR) is 81.1 cm³/mol. The zero-order valence-corrected chi connectivity index (χ0v) is 12.2. The fourth-order valence-electron chi connectivity index (χ4n) is 2.03. The highest BCUT2D eigenvalue weighted by atomic mass is 35.5. The standard InChI is InChI=1S/C16H15ClFNO2/c1-11(16(20)21)19(10-12-5-3-2-4-6-12)13-7-8-15(18)14(17)9-13/h2-9,11H,10H2,1H3,(H,20,21). The fourth-order valence-corrected chi connectivity index (χ4v) is 2.20. The summed E-state index contributed by atoms with van der Waals surface area (Å²) in [5, 5.41) is 9.24. The van der Waals surface area contributed by atoms with Crippen LogP contribution in [0.25, 0.3) is 0 Å². The molecule has 2 aromatic carbocycles. The molecule has 1 unspecified atom stereocenters. The van der Waals surface area contributed by atoms with E-state index in [1.54, 1.807) is 11.8 Å². The van der Waals surface area contributed by atoms with Crippen molar-refractivity contribution in [1.82, 2.24) is 0 Å². The van der Waals surface area contributed by atoms with Crippen molar-refractivity contribution in [1.29, 1.82) is 0 Å². The summed E-state index contributed by atoms with van der Waals surface area (Å²) in [6.45, 7) is 1.98. The van der Waals surface area contributed by atoms with E-state index in [4.69, 9.17) is 11.6 Å². The van der Waals surface area contributed by atoms with Gasteiger partial charge in [-0.2, -0.15) is 0 Å². The van der Waals surface area contributed by atoms with Crippen LogP contribution in [0.15, 0.2) is 48.5 Å². The Hall–Kier alpha value is -2.07. The van der Waals surface area contributed by atoms with Crippen LogP contribution in [0.4, 0.5) is 10.1 Å². The highest BCUT2D eigenvalue weighted by Crippen LogP contribution is 2.25. The topological polar surface area (TPSA) is 40.5 Å². The van der Waals surface area contributed by atoms with E-state index in [9.17, 15) is 14.3 Å². The Morgan fingerprint density at radius 2 is 1.95 bits per heavy atom. The molecule has 0 saturated carbocycles. The van der Waals surface area contributed by atoms with Crippen LogP contribution in [-0.2, 0) is 11.3 Å². The molecule has 0 saturated heterocycles. The van der Waals surface area contributed by atoms with Gasteiger partial charge >= 0.3 is 5.97 Å². The molecule has 0 radical (unpaired) electrons. The Morgan fingerprint density at radius 1 is 1.29 bits per heavy atom. The number of anilines is 1. The van der Waals surface area contributed by atoms with Crippen LogP contribution in [0.5, 0.6) is 0 Å². The van der Waals surface area contributed by atoms with E-state index < -0.39 is 17.8 Å². The minimum Gasteiger partial charge on any atom is -0.480 e. The molecule has 0 aliphatic carbocycles. The van der Waals surface area contributed by atoms with E-state index in [1.807, 2.05) is 30.3 Å². The molecule has 1 atom stereocenters. The number of nitrogens with zero attached hydrogens (tertiary/aromatic N) is 1. The van der Waals surface area contributed by atoms with Crippen molar-refractivity contribution in [2.24, 2.45) is 0 Å². The molecule has 0 heterocycles. The summed E-state index contributed by atoms with van der Waals surface area (Å²) >= 11 is 5.80. The summed E-state index contributed by atoms with van der Waals surface area (Å²) in [7, 11) is 0. The number of halogens is 2. The maximum absolute atomic E-state index is 13.3. The first-order valence-corrected chi connectivity index (χ1v) is 6.85. The van der Waals surface area contributed by atoms with E-state index in [1.165, 1.54) is 18.2 Å². The first-order valence-electron chi connectivity index (χ1n) is 6.47. The van der Waals surface area contributed by atoms with Crippen molar-refractivity contribution in [3.05, 3.63) is 64.9 Å². The van der Waals surface area contributed by atoms with Gasteiger partial charge < -0.3 is 10.0 Å². The lowest BCUT2D eigenvalue weighted by Crippen LogP contribution is -2.38. The largest absolute Gasteiger partial charge is 0.480 e. The summed E-state index contributed by atoms with van der Waals surface area (Å²) in [5.41, 5.74) is 1.53. The van der Waals surface area contributed by atoms with Gasteiger partial charge in [-0.05, 0) is 30.7 Å². The van der Waals surface area contributed by atoms with E-state index in [0.29, 0.717) is 12.2 Å². The summed E-state index contributed by atoms with van der Waals surface area (Å²) in [6.07, 6.45) is 0. The number of aliphatic carboxylic acids is 1. The lowest BCUT2D eigenvalue weighted by Gasteiger charge is -2.29. The molecule has 0 aromatic heterocycles. The quantitative estimate of drug-likeness (QED) is 0.909. The molecule has 3 nitrogen and oxygen atoms in total. The first-order chi connectivity index (χ1) is 9.99. The molecule has 2 rings (SSSR count). The molecule has 0 spiro atoms. The van der Waals surface area contributed by atoms with Crippen LogP contribution in [0.1, 0.15) is 12.5 Å². The number of hydrogen-bond acceptors (Lipinski definition) is 2. The Morgan fingerprint density at radius 3 is 2.52 bits per heavy atom. The van der Waals surface area contributed by atoms with Gasteiger partial charge in [-0.1, -0.05) is 41.9 Å². The van der Waals surface area contributed by atoms with Crippen molar-refractivity contribution in [3.8, 4) is 0 Å². The lowest BCUT2D eigenvalue weighted by atomic mass is 10.1. The lowest BCUT2D eigenvalue weighted by molar-refractivity contribution is -0.138. The van der Waals surface area contributed by atoms with E-state index in [0.717, 1.165) is 5.56 Å². The van der Waals surface area contributed by atoms with Crippen molar-refractivity contribution >= 4 is 23.3 Å². The van der Waals surface area contributed by atoms with E-state index in [2.05, 4.69) is 0 Å². The molecule has 21 heavy (non-hydrogen) atoms. The van der Waals surface area contributed by atoms with Gasteiger partial charge in [-0.25, -0.2) is 9.18 Å². The van der Waals surface area contributed by atoms with Gasteiger partial charge in [0.2, 0.25) is 0 Å². The Bertz CT molecular complexity index is 633. The van der Waals surface area contributed by atoms with Crippen LogP contribution in [-0.4, -0.2) is 17.1 Å². The number of rotatable bonds is 5. The van der Waals surface area contributed by atoms with Crippen LogP contribution < -0.4 is 4.90 Å². The van der Waals surface area contributed by atoms with Gasteiger partial charge in [0.25, 0.3) is 0 Å². The number of carboxylic acids is 1. The third kappa shape index (κ3) is 3.73. The number of benzene rings is 2. The van der Waals surface area contributed by atoms with Gasteiger partial charge in [0.15, 0.2) is 0 Å². The summed E-state index contributed by atoms with van der Waals surface area (Å²) in [5.74, 6) is -1.48. The van der Waals surface area contributed by atoms with Crippen LogP contribution in [0.2, 0.25) is 5.02 Å². The normalized spacial score (nSPS) is 12.0. The van der Waals surface area contributed by atoms with Crippen molar-refractivity contribution < 1.29 is 14.3 Å². The number of carboxylic acid groups (broad SMARTS) is 1. The van der Waals surface area contributed by atoms with Gasteiger partial charge in [0.1, 0.15) is 11.9 Å². The highest BCUT2D eigenvalue weighted by molar-refractivity contribution is 6.31. The van der Waals surface area contributed by atoms with Crippen molar-refractivity contribution in [3.63, 3.8) is 0 Å². The Balaban J connectivity index is 2.35. The maximum Gasteiger partial charge on any atom is 0.326 e. The van der Waals surface area contributed by atoms with E-state index in [-0.39, 0.29) is 5.02 Å². The summed E-state index contributed by atoms with van der Waals surface area (Å²) in [6, 6.07) is 12.9. The van der Waals surface area contributed by atoms with Gasteiger partial charge in [0, 0.05) is 12.2 Å². The second-order valence-electron chi connectivity index (χ2n) is 4.73. The first kappa shape index (κ1) is 15.3. The zero-order valence-electron chi connectivity index (χ0n) is 11.5. The third-order valence-corrected chi connectivity index (χ3v) is 3.55. The van der Waals surface area contributed by atoms with Crippen LogP contribution in [0.3, 0.4) is 0 Å². The highest BCUT2D eigenvalue weighted by Gasteiger charge is 2.22. The average Bonchev–Trinajstić information content (AvgIpc) is 2.48. The van der Waals surface area contributed by atoms with Crippen molar-refractivity contribution in [2.45, 2.75) is 19.5 Å². The zero-order chi connectivity index (χ0) is 15.4. The Labute approximate surface area is 127 Å². The fraction of sp³-hybridized carbons (Fsp3) is 0.188. The Kier molecular flexibility index (Phi) is 4.81. The van der Waals surface area contributed by atoms with Crippen LogP contribution in [0, 0.1) is 5.82 Å². The monoisotopic (exact) mass is 307 g/mol. The van der Waals surface area contributed by atoms with E-state index >= 15 is 0 Å². The smallest absolute Gasteiger partial charge is 0.326 e. The van der Waals surface area contributed by atoms with Gasteiger partial charge in [-0.15, -0.1) is 0 Å². The van der Waals surface area contributed by atoms with Crippen molar-refractivity contribution in [2.75, 3.05) is 4.90 Å². The molecular formula is C16H15ClFNO2. The van der Waals surface area contributed by atoms with Crippen LogP contribution >= 0.6 is 11.6 Å². The number of hydrogen-bond donors (Lipinski definition) is 1. The molecule has 0 aliphatic rings. The molecule has 5 heteroatoms. The average molecular weight is 308 g/mol. The van der Waals surface area contributed by atoms with Gasteiger partial charge in [0.05, 0.1) is 5.02 Å². The molecule has 0 fully saturated rings. The summed E-state index contributed by atoms with van der Waals surface area (Å²) < 4.78 is 13.3. The molecule has 2 aromatic rings. The van der Waals surface area contributed by atoms with Gasteiger partial charge in [-0.3, -0.25) is 0 Å². The molecule has 1 N–H and O–H groups in total. The SMILES string of the molecule is CC(C(=O)O)N(Cc1ccccc1)c1ccc(F)c(Cl)c1. The molecule has 0 bridgehead atoms. The molecule has 110 valence electrons. The second kappa shape index (κ2) is 6.59. The predicted octanol–water partition coefficient (Wildman–Crippen LogP) is 3.96. The summed E-state index contributed by atoms with van der Waals surface area (Å²) in [4.78, 5) is 13.0. The molecular weight excluding hydrogens is 293 g/mol. The second-order valence-corrected chi connectivity index (χ2v) is 5.13.